The summed E-state index contributed by atoms with van der Waals surface area (Å²) in [6.07, 6.45) is -2.80. The van der Waals surface area contributed by atoms with E-state index in [0.717, 1.165) is 35.0 Å². The van der Waals surface area contributed by atoms with Gasteiger partial charge in [0.05, 0.1) is 23.2 Å². The number of fused-ring (bicyclic) bond motifs is 1. The number of carboxylic acids is 1. The van der Waals surface area contributed by atoms with Crippen LogP contribution in [0.2, 0.25) is 5.02 Å². The van der Waals surface area contributed by atoms with E-state index >= 15 is 0 Å². The maximum absolute atomic E-state index is 14.4. The topological polar surface area (TPSA) is 88.4 Å². The largest absolute Gasteiger partial charge is 0.481 e. The molecule has 5 aromatic rings. The van der Waals surface area contributed by atoms with Crippen LogP contribution in [0.3, 0.4) is 0 Å². The molecule has 242 valence electrons. The molecule has 0 aliphatic heterocycles. The van der Waals surface area contributed by atoms with Gasteiger partial charge in [0.2, 0.25) is 0 Å². The summed E-state index contributed by atoms with van der Waals surface area (Å²) in [4.78, 5) is 37.5. The van der Waals surface area contributed by atoms with E-state index < -0.39 is 17.7 Å². The molecule has 0 radical (unpaired) electrons. The second-order valence-electron chi connectivity index (χ2n) is 11.3. The van der Waals surface area contributed by atoms with Crippen LogP contribution in [0.5, 0.6) is 0 Å². The molecule has 10 heteroatoms. The molecule has 0 fully saturated rings. The van der Waals surface area contributed by atoms with E-state index in [0.29, 0.717) is 45.9 Å². The third kappa shape index (κ3) is 7.92. The SMILES string of the molecule is CCCC(Cc1ccc(C(=O)NCCC(=O)O)cc1)C(=O)c1cc2cc(Cl)ccc2n1-c1cccc(-c2ccc(C(F)(F)F)cc2)c1. The number of hydrogen-bond acceptors (Lipinski definition) is 3. The van der Waals surface area contributed by atoms with E-state index in [1.807, 2.05) is 41.8 Å². The fourth-order valence-corrected chi connectivity index (χ4v) is 5.85. The number of halogens is 4. The first kappa shape index (κ1) is 33.5. The van der Waals surface area contributed by atoms with E-state index in [1.165, 1.54) is 12.1 Å². The van der Waals surface area contributed by atoms with Crippen molar-refractivity contribution in [1.82, 2.24) is 9.88 Å². The van der Waals surface area contributed by atoms with Gasteiger partial charge in [-0.2, -0.15) is 13.2 Å². The van der Waals surface area contributed by atoms with Crippen LogP contribution in [0.15, 0.2) is 97.1 Å². The highest BCUT2D eigenvalue weighted by atomic mass is 35.5. The number of amides is 1. The van der Waals surface area contributed by atoms with Crippen molar-refractivity contribution in [3.63, 3.8) is 0 Å². The van der Waals surface area contributed by atoms with E-state index in [2.05, 4.69) is 5.32 Å². The first-order valence-electron chi connectivity index (χ1n) is 15.2. The number of Topliss-reactive ketones (excluding diaryl/α,β-unsaturated/α-hetero) is 1. The highest BCUT2D eigenvalue weighted by Gasteiger charge is 2.30. The van der Waals surface area contributed by atoms with Gasteiger partial charge in [0.15, 0.2) is 5.78 Å². The molecule has 4 aromatic carbocycles. The molecule has 47 heavy (non-hydrogen) atoms. The zero-order chi connectivity index (χ0) is 33.7. The molecule has 0 aliphatic rings. The summed E-state index contributed by atoms with van der Waals surface area (Å²) in [5, 5.41) is 12.7. The Morgan fingerprint density at radius 3 is 2.28 bits per heavy atom. The van der Waals surface area contributed by atoms with Gasteiger partial charge in [-0.1, -0.05) is 61.3 Å². The fraction of sp³-hybridized carbons (Fsp3) is 0.216. The third-order valence-corrected chi connectivity index (χ3v) is 8.23. The quantitative estimate of drug-likeness (QED) is 0.131. The Morgan fingerprint density at radius 2 is 1.62 bits per heavy atom. The van der Waals surface area contributed by atoms with Crippen LogP contribution in [0.25, 0.3) is 27.7 Å². The highest BCUT2D eigenvalue weighted by molar-refractivity contribution is 6.31. The van der Waals surface area contributed by atoms with E-state index in [4.69, 9.17) is 16.7 Å². The van der Waals surface area contributed by atoms with Crippen molar-refractivity contribution in [2.24, 2.45) is 5.92 Å². The number of carbonyl (C=O) groups excluding carboxylic acids is 2. The molecule has 5 rings (SSSR count). The number of aliphatic carboxylic acids is 1. The normalized spacial score (nSPS) is 12.2. The minimum absolute atomic E-state index is 0.0233. The highest BCUT2D eigenvalue weighted by Crippen LogP contribution is 2.34. The predicted molar refractivity (Wildman–Crippen MR) is 176 cm³/mol. The third-order valence-electron chi connectivity index (χ3n) is 8.00. The molecular weight excluding hydrogens is 629 g/mol. The number of nitrogens with one attached hydrogen (secondary N) is 1. The maximum Gasteiger partial charge on any atom is 0.416 e. The molecule has 1 heterocycles. The summed E-state index contributed by atoms with van der Waals surface area (Å²) in [6.45, 7) is 2.03. The summed E-state index contributed by atoms with van der Waals surface area (Å²) >= 11 is 6.32. The molecule has 1 unspecified atom stereocenters. The van der Waals surface area contributed by atoms with Crippen molar-refractivity contribution in [2.45, 2.75) is 38.8 Å². The number of hydrogen-bond donors (Lipinski definition) is 2. The number of ketones is 1. The van der Waals surface area contributed by atoms with Crippen molar-refractivity contribution in [3.8, 4) is 16.8 Å². The van der Waals surface area contributed by atoms with Crippen molar-refractivity contribution < 1.29 is 32.7 Å². The molecule has 1 atom stereocenters. The first-order chi connectivity index (χ1) is 22.4. The molecule has 0 spiro atoms. The van der Waals surface area contributed by atoms with Crippen LogP contribution < -0.4 is 5.32 Å². The molecule has 0 bridgehead atoms. The lowest BCUT2D eigenvalue weighted by Gasteiger charge is -2.18. The second kappa shape index (κ2) is 14.3. The lowest BCUT2D eigenvalue weighted by atomic mass is 9.89. The van der Waals surface area contributed by atoms with Gasteiger partial charge in [0.25, 0.3) is 5.91 Å². The van der Waals surface area contributed by atoms with Gasteiger partial charge in [0, 0.05) is 34.1 Å². The lowest BCUT2D eigenvalue weighted by Crippen LogP contribution is -2.26. The summed E-state index contributed by atoms with van der Waals surface area (Å²) in [5.74, 6) is -1.83. The van der Waals surface area contributed by atoms with E-state index in [1.54, 1.807) is 42.5 Å². The summed E-state index contributed by atoms with van der Waals surface area (Å²) < 4.78 is 41.4. The van der Waals surface area contributed by atoms with Gasteiger partial charge >= 0.3 is 12.1 Å². The zero-order valence-electron chi connectivity index (χ0n) is 25.5. The van der Waals surface area contributed by atoms with Crippen molar-refractivity contribution in [3.05, 3.63) is 124 Å². The number of carbonyl (C=O) groups is 3. The van der Waals surface area contributed by atoms with Crippen LogP contribution >= 0.6 is 11.6 Å². The van der Waals surface area contributed by atoms with Gasteiger partial charge in [-0.05, 0) is 90.2 Å². The van der Waals surface area contributed by atoms with Gasteiger partial charge in [0.1, 0.15) is 0 Å². The number of rotatable bonds is 12. The Kier molecular flexibility index (Phi) is 10.2. The monoisotopic (exact) mass is 660 g/mol. The minimum Gasteiger partial charge on any atom is -0.481 e. The van der Waals surface area contributed by atoms with Crippen LogP contribution in [-0.4, -0.2) is 33.9 Å². The summed E-state index contributed by atoms with van der Waals surface area (Å²) in [5.41, 5.74) is 3.73. The number of benzene rings is 4. The average Bonchev–Trinajstić information content (AvgIpc) is 3.42. The molecule has 0 saturated carbocycles. The van der Waals surface area contributed by atoms with Crippen molar-refractivity contribution >= 4 is 40.2 Å². The second-order valence-corrected chi connectivity index (χ2v) is 11.8. The number of nitrogens with zero attached hydrogens (tertiary/aromatic N) is 1. The molecule has 2 N–H and O–H groups in total. The smallest absolute Gasteiger partial charge is 0.416 e. The number of carboxylic acid groups (broad SMARTS) is 1. The minimum atomic E-state index is -4.43. The van der Waals surface area contributed by atoms with Gasteiger partial charge in [-0.25, -0.2) is 0 Å². The molecule has 0 saturated heterocycles. The average molecular weight is 661 g/mol. The molecular formula is C37H32ClF3N2O4. The summed E-state index contributed by atoms with van der Waals surface area (Å²) in [6, 6.07) is 26.4. The molecule has 6 nitrogen and oxygen atoms in total. The van der Waals surface area contributed by atoms with Crippen molar-refractivity contribution in [2.75, 3.05) is 6.54 Å². The van der Waals surface area contributed by atoms with E-state index in [9.17, 15) is 27.6 Å². The number of alkyl halides is 3. The Balaban J connectivity index is 1.47. The Labute approximate surface area is 274 Å². The zero-order valence-corrected chi connectivity index (χ0v) is 26.2. The van der Waals surface area contributed by atoms with Crippen LogP contribution in [0.1, 0.15) is 58.2 Å². The number of aromatic nitrogens is 1. The van der Waals surface area contributed by atoms with Gasteiger partial charge in [-0.3, -0.25) is 14.4 Å². The van der Waals surface area contributed by atoms with Crippen LogP contribution in [0, 0.1) is 5.92 Å². The standard InChI is InChI=1S/C37H32ClF3N2O4/c1-2-4-27(19-23-7-9-25(10-8-23)36(47)42-18-17-34(44)45)35(46)33-22-28-20-30(38)15-16-32(28)43(33)31-6-3-5-26(21-31)24-11-13-29(14-12-24)37(39,40)41/h3,5-16,20-22,27H,2,4,17-19H2,1H3,(H,42,47)(H,44,45). The van der Waals surface area contributed by atoms with Gasteiger partial charge < -0.3 is 15.0 Å². The maximum atomic E-state index is 14.4. The Bertz CT molecular complexity index is 1920. The molecule has 1 amide bonds. The Morgan fingerprint density at radius 1 is 0.894 bits per heavy atom. The van der Waals surface area contributed by atoms with Crippen LogP contribution in [-0.2, 0) is 17.4 Å². The predicted octanol–water partition coefficient (Wildman–Crippen LogP) is 9.02. The molecule has 0 aliphatic carbocycles. The van der Waals surface area contributed by atoms with Crippen LogP contribution in [0.4, 0.5) is 13.2 Å². The summed E-state index contributed by atoms with van der Waals surface area (Å²) in [7, 11) is 0. The molecule has 1 aromatic heterocycles. The van der Waals surface area contributed by atoms with E-state index in [-0.39, 0.29) is 30.6 Å². The fourth-order valence-electron chi connectivity index (χ4n) is 5.67. The Hall–Kier alpha value is -4.89. The van der Waals surface area contributed by atoms with Crippen molar-refractivity contribution in [1.29, 1.82) is 0 Å². The first-order valence-corrected chi connectivity index (χ1v) is 15.5. The van der Waals surface area contributed by atoms with Gasteiger partial charge in [-0.15, -0.1) is 0 Å². The lowest BCUT2D eigenvalue weighted by molar-refractivity contribution is -0.138.